The molecule has 2 aliphatic heterocycles. The van der Waals surface area contributed by atoms with E-state index in [4.69, 9.17) is 9.16 Å². The maximum Gasteiger partial charge on any atom is 0.411 e. The SMILES string of the molecule is CC(C)(C)OC(=O)N1Cc2cc(O[Si](C)(C)C(C)(C)C)ccc2C[C@H]1C(=O)N1CCC[C@H]1C#N. The van der Waals surface area contributed by atoms with Gasteiger partial charge in [-0.3, -0.25) is 9.69 Å². The number of carbonyl (C=O) groups excluding carboxylic acids is 2. The van der Waals surface area contributed by atoms with Gasteiger partial charge in [0.25, 0.3) is 0 Å². The van der Waals surface area contributed by atoms with Gasteiger partial charge >= 0.3 is 6.09 Å². The molecule has 1 fully saturated rings. The van der Waals surface area contributed by atoms with E-state index in [1.165, 1.54) is 4.90 Å². The van der Waals surface area contributed by atoms with Crippen molar-refractivity contribution in [1.29, 1.82) is 5.26 Å². The average Bonchev–Trinajstić information content (AvgIpc) is 3.18. The lowest BCUT2D eigenvalue weighted by molar-refractivity contribution is -0.137. The van der Waals surface area contributed by atoms with Gasteiger partial charge in [-0.15, -0.1) is 0 Å². The molecule has 34 heavy (non-hydrogen) atoms. The van der Waals surface area contributed by atoms with Gasteiger partial charge in [0.15, 0.2) is 0 Å². The smallest absolute Gasteiger partial charge is 0.411 e. The highest BCUT2D eigenvalue weighted by Crippen LogP contribution is 2.38. The number of carbonyl (C=O) groups is 2. The number of likely N-dealkylation sites (tertiary alicyclic amines) is 1. The number of hydrogen-bond acceptors (Lipinski definition) is 5. The lowest BCUT2D eigenvalue weighted by atomic mass is 9.93. The number of fused-ring (bicyclic) bond motifs is 1. The monoisotopic (exact) mass is 485 g/mol. The van der Waals surface area contributed by atoms with Crippen LogP contribution in [0.15, 0.2) is 18.2 Å². The summed E-state index contributed by atoms with van der Waals surface area (Å²) in [5.74, 6) is 0.616. The molecule has 2 heterocycles. The summed E-state index contributed by atoms with van der Waals surface area (Å²) in [7, 11) is -2.02. The molecule has 1 aromatic rings. The Bertz CT molecular complexity index is 987. The molecule has 8 heteroatoms. The van der Waals surface area contributed by atoms with Crippen molar-refractivity contribution in [3.8, 4) is 11.8 Å². The zero-order chi connectivity index (χ0) is 25.5. The molecule has 0 bridgehead atoms. The second kappa shape index (κ2) is 9.25. The number of nitrogens with zero attached hydrogens (tertiary/aromatic N) is 3. The van der Waals surface area contributed by atoms with Crippen LogP contribution in [-0.4, -0.2) is 54.3 Å². The van der Waals surface area contributed by atoms with Crippen LogP contribution >= 0.6 is 0 Å². The predicted octanol–water partition coefficient (Wildman–Crippen LogP) is 5.25. The molecule has 7 nitrogen and oxygen atoms in total. The summed E-state index contributed by atoms with van der Waals surface area (Å²) in [4.78, 5) is 29.9. The van der Waals surface area contributed by atoms with Crippen LogP contribution in [0.1, 0.15) is 65.5 Å². The van der Waals surface area contributed by atoms with E-state index in [9.17, 15) is 14.9 Å². The van der Waals surface area contributed by atoms with Crippen LogP contribution in [0.5, 0.6) is 5.75 Å². The molecule has 0 aliphatic carbocycles. The minimum atomic E-state index is -2.02. The Morgan fingerprint density at radius 2 is 1.76 bits per heavy atom. The minimum absolute atomic E-state index is 0.0655. The number of nitriles is 1. The van der Waals surface area contributed by atoms with Gasteiger partial charge in [0.2, 0.25) is 14.2 Å². The van der Waals surface area contributed by atoms with E-state index in [2.05, 4.69) is 39.9 Å². The Labute approximate surface area is 205 Å². The van der Waals surface area contributed by atoms with Crippen LogP contribution < -0.4 is 4.43 Å². The van der Waals surface area contributed by atoms with Crippen LogP contribution in [-0.2, 0) is 22.5 Å². The molecule has 2 atom stereocenters. The highest BCUT2D eigenvalue weighted by molar-refractivity contribution is 6.74. The minimum Gasteiger partial charge on any atom is -0.543 e. The first kappa shape index (κ1) is 26.1. The summed E-state index contributed by atoms with van der Waals surface area (Å²) in [6, 6.07) is 7.09. The van der Waals surface area contributed by atoms with Gasteiger partial charge < -0.3 is 14.1 Å². The van der Waals surface area contributed by atoms with Gasteiger partial charge in [-0.25, -0.2) is 4.79 Å². The third-order valence-corrected chi connectivity index (χ3v) is 11.4. The summed E-state index contributed by atoms with van der Waals surface area (Å²) in [6.45, 7) is 17.3. The molecular weight excluding hydrogens is 446 g/mol. The lowest BCUT2D eigenvalue weighted by Gasteiger charge is -2.39. The van der Waals surface area contributed by atoms with Gasteiger partial charge in [0.1, 0.15) is 23.4 Å². The molecule has 1 aromatic carbocycles. The van der Waals surface area contributed by atoms with E-state index < -0.39 is 32.1 Å². The van der Waals surface area contributed by atoms with E-state index in [-0.39, 0.29) is 17.5 Å². The normalized spacial score (nSPS) is 21.0. The highest BCUT2D eigenvalue weighted by atomic mass is 28.4. The van der Waals surface area contributed by atoms with Gasteiger partial charge in [-0.05, 0) is 75.0 Å². The second-order valence-corrected chi connectivity index (χ2v) is 16.7. The third-order valence-electron chi connectivity index (χ3n) is 7.09. The number of hydrogen-bond donors (Lipinski definition) is 0. The Balaban J connectivity index is 1.93. The molecule has 186 valence electrons. The summed E-state index contributed by atoms with van der Waals surface area (Å²) >= 11 is 0. The van der Waals surface area contributed by atoms with Crippen LogP contribution in [0, 0.1) is 11.3 Å². The van der Waals surface area contributed by atoms with Crippen molar-refractivity contribution in [2.45, 2.75) is 103 Å². The van der Waals surface area contributed by atoms with E-state index in [1.54, 1.807) is 4.90 Å². The lowest BCUT2D eigenvalue weighted by Crippen LogP contribution is -2.55. The summed E-state index contributed by atoms with van der Waals surface area (Å²) in [5.41, 5.74) is 1.30. The number of rotatable bonds is 3. The van der Waals surface area contributed by atoms with Crippen molar-refractivity contribution in [3.63, 3.8) is 0 Å². The van der Waals surface area contributed by atoms with Gasteiger partial charge in [-0.2, -0.15) is 5.26 Å². The Hall–Kier alpha value is -2.53. The summed E-state index contributed by atoms with van der Waals surface area (Å²) < 4.78 is 12.2. The molecule has 0 saturated carbocycles. The second-order valence-electron chi connectivity index (χ2n) is 11.9. The zero-order valence-electron chi connectivity index (χ0n) is 21.9. The molecule has 2 amide bonds. The van der Waals surface area contributed by atoms with Gasteiger partial charge in [0, 0.05) is 13.0 Å². The van der Waals surface area contributed by atoms with E-state index in [1.807, 2.05) is 39.0 Å². The molecule has 0 N–H and O–H groups in total. The van der Waals surface area contributed by atoms with Crippen molar-refractivity contribution in [3.05, 3.63) is 29.3 Å². The van der Waals surface area contributed by atoms with E-state index >= 15 is 0 Å². The first-order valence-electron chi connectivity index (χ1n) is 12.1. The fourth-order valence-electron chi connectivity index (χ4n) is 4.16. The van der Waals surface area contributed by atoms with Crippen LogP contribution in [0.4, 0.5) is 4.79 Å². The first-order chi connectivity index (χ1) is 15.6. The molecule has 0 aromatic heterocycles. The third kappa shape index (κ3) is 5.57. The molecule has 1 saturated heterocycles. The van der Waals surface area contributed by atoms with E-state index in [0.29, 0.717) is 19.4 Å². The van der Waals surface area contributed by atoms with Gasteiger partial charge in [-0.1, -0.05) is 26.8 Å². The maximum atomic E-state index is 13.5. The van der Waals surface area contributed by atoms with Crippen LogP contribution in [0.25, 0.3) is 0 Å². The van der Waals surface area contributed by atoms with Crippen molar-refractivity contribution < 1.29 is 18.8 Å². The molecule has 0 unspecified atom stereocenters. The van der Waals surface area contributed by atoms with Gasteiger partial charge in [0.05, 0.1) is 12.6 Å². The first-order valence-corrected chi connectivity index (χ1v) is 15.0. The topological polar surface area (TPSA) is 82.9 Å². The largest absolute Gasteiger partial charge is 0.543 e. The quantitative estimate of drug-likeness (QED) is 0.546. The molecule has 2 aliphatic rings. The number of amides is 2. The Morgan fingerprint density at radius 1 is 1.09 bits per heavy atom. The fourth-order valence-corrected chi connectivity index (χ4v) is 5.18. The van der Waals surface area contributed by atoms with Crippen LogP contribution in [0.3, 0.4) is 0 Å². The zero-order valence-corrected chi connectivity index (χ0v) is 22.9. The molecule has 0 spiro atoms. The standard InChI is InChI=1S/C26H39N3O4Si/c1-25(2,3)32-24(31)29-17-19-14-21(33-34(7,8)26(4,5)6)12-11-18(19)15-22(29)23(30)28-13-9-10-20(28)16-27/h11-12,14,20,22H,9-10,13,15,17H2,1-8H3/t20-,22-/m0/s1. The van der Waals surface area contributed by atoms with Crippen molar-refractivity contribution in [2.75, 3.05) is 6.54 Å². The van der Waals surface area contributed by atoms with Crippen molar-refractivity contribution in [2.24, 2.45) is 0 Å². The number of benzene rings is 1. The molecule has 0 radical (unpaired) electrons. The maximum absolute atomic E-state index is 13.5. The average molecular weight is 486 g/mol. The van der Waals surface area contributed by atoms with E-state index in [0.717, 1.165) is 23.3 Å². The van der Waals surface area contributed by atoms with Crippen molar-refractivity contribution in [1.82, 2.24) is 9.80 Å². The summed E-state index contributed by atoms with van der Waals surface area (Å²) in [6.07, 6.45) is 1.35. The molecule has 3 rings (SSSR count). The fraction of sp³-hybridized carbons (Fsp3) is 0.654. The number of ether oxygens (including phenoxy) is 1. The highest BCUT2D eigenvalue weighted by Gasteiger charge is 2.42. The Kier molecular flexibility index (Phi) is 7.10. The molecular formula is C26H39N3O4Si. The summed E-state index contributed by atoms with van der Waals surface area (Å²) in [5, 5.41) is 9.56. The van der Waals surface area contributed by atoms with Crippen LogP contribution in [0.2, 0.25) is 18.1 Å². The van der Waals surface area contributed by atoms with Crippen molar-refractivity contribution >= 4 is 20.3 Å². The Morgan fingerprint density at radius 3 is 2.35 bits per heavy atom. The predicted molar refractivity (Wildman–Crippen MR) is 134 cm³/mol.